The van der Waals surface area contributed by atoms with E-state index in [2.05, 4.69) is 32.6 Å². The van der Waals surface area contributed by atoms with Gasteiger partial charge in [0, 0.05) is 24.8 Å². The minimum Gasteiger partial charge on any atom is -0.394 e. The lowest BCUT2D eigenvalue weighted by Crippen LogP contribution is -2.52. The van der Waals surface area contributed by atoms with E-state index in [1.165, 1.54) is 0 Å². The minimum atomic E-state index is -2.08. The molecule has 0 aliphatic carbocycles. The molecule has 0 aliphatic rings. The third-order valence-electron chi connectivity index (χ3n) is 2.89. The molecule has 0 heterocycles. The molecule has 0 atom stereocenters. The first-order valence-electron chi connectivity index (χ1n) is 5.92. The molecule has 1 N–H and O–H groups in total. The number of rotatable bonds is 8. The van der Waals surface area contributed by atoms with Gasteiger partial charge in [-0.3, -0.25) is 0 Å². The molecule has 15 heavy (non-hydrogen) atoms. The molecule has 0 rings (SSSR count). The molecule has 3 nitrogen and oxygen atoms in total. The summed E-state index contributed by atoms with van der Waals surface area (Å²) < 4.78 is 11.8. The van der Waals surface area contributed by atoms with E-state index in [9.17, 15) is 0 Å². The molecule has 0 radical (unpaired) electrons. The molecule has 0 aromatic heterocycles. The maximum absolute atomic E-state index is 5.91. The molecule has 92 valence electrons. The lowest BCUT2D eigenvalue weighted by atomic mass is 10.2. The van der Waals surface area contributed by atoms with Crippen molar-refractivity contribution in [3.05, 3.63) is 0 Å². The van der Waals surface area contributed by atoms with Gasteiger partial charge in [-0.2, -0.15) is 0 Å². The average Bonchev–Trinajstić information content (AvgIpc) is 2.15. The molecule has 0 amide bonds. The third-order valence-corrected chi connectivity index (χ3v) is 7.20. The van der Waals surface area contributed by atoms with E-state index in [1.807, 2.05) is 13.8 Å². The zero-order valence-electron chi connectivity index (χ0n) is 11.1. The summed E-state index contributed by atoms with van der Waals surface area (Å²) in [5.74, 6) is 0. The molecular formula is C11H27NO2Si. The fraction of sp³-hybridized carbons (Fsp3) is 1.00. The van der Waals surface area contributed by atoms with Crippen molar-refractivity contribution in [2.24, 2.45) is 0 Å². The maximum atomic E-state index is 5.91. The van der Waals surface area contributed by atoms with Gasteiger partial charge in [0.15, 0.2) is 0 Å². The summed E-state index contributed by atoms with van der Waals surface area (Å²) in [5.41, 5.74) is 0. The highest BCUT2D eigenvalue weighted by molar-refractivity contribution is 6.69. The fourth-order valence-corrected chi connectivity index (χ4v) is 3.99. The van der Waals surface area contributed by atoms with Gasteiger partial charge >= 0.3 is 8.56 Å². The normalized spacial score (nSPS) is 13.2. The van der Waals surface area contributed by atoms with Crippen LogP contribution >= 0.6 is 0 Å². The van der Waals surface area contributed by atoms with E-state index < -0.39 is 8.56 Å². The molecule has 4 heteroatoms. The Labute approximate surface area is 95.8 Å². The third kappa shape index (κ3) is 4.22. The molecule has 0 spiro atoms. The highest BCUT2D eigenvalue weighted by atomic mass is 28.4. The summed E-state index contributed by atoms with van der Waals surface area (Å²) in [6, 6.07) is 0. The van der Waals surface area contributed by atoms with Gasteiger partial charge in [-0.1, -0.05) is 20.8 Å². The largest absolute Gasteiger partial charge is 0.394 e. The van der Waals surface area contributed by atoms with Crippen LogP contribution in [0.15, 0.2) is 0 Å². The van der Waals surface area contributed by atoms with Crippen molar-refractivity contribution in [1.29, 1.82) is 0 Å². The van der Waals surface area contributed by atoms with Gasteiger partial charge in [-0.25, -0.2) is 0 Å². The van der Waals surface area contributed by atoms with Crippen LogP contribution < -0.4 is 5.32 Å². The van der Waals surface area contributed by atoms with Gasteiger partial charge in [0.05, 0.1) is 0 Å². The van der Waals surface area contributed by atoms with Crippen LogP contribution in [0, 0.1) is 0 Å². The van der Waals surface area contributed by atoms with Crippen molar-refractivity contribution in [2.75, 3.05) is 26.3 Å². The summed E-state index contributed by atoms with van der Waals surface area (Å²) in [6.45, 7) is 16.2. The SMILES string of the molecule is CCNCC(C)(C)[Si](C)(OCC)OCC. The second-order valence-corrected chi connectivity index (χ2v) is 8.30. The van der Waals surface area contributed by atoms with Crippen molar-refractivity contribution in [2.45, 2.75) is 46.2 Å². The Morgan fingerprint density at radius 3 is 1.87 bits per heavy atom. The number of nitrogens with one attached hydrogen (secondary N) is 1. The average molecular weight is 233 g/mol. The Morgan fingerprint density at radius 2 is 1.53 bits per heavy atom. The highest BCUT2D eigenvalue weighted by Gasteiger charge is 2.47. The van der Waals surface area contributed by atoms with Crippen LogP contribution in [0.4, 0.5) is 0 Å². The molecule has 0 unspecified atom stereocenters. The monoisotopic (exact) mass is 233 g/mol. The maximum Gasteiger partial charge on any atom is 0.342 e. The first kappa shape index (κ1) is 15.1. The van der Waals surface area contributed by atoms with E-state index in [0.29, 0.717) is 0 Å². The van der Waals surface area contributed by atoms with Crippen LogP contribution in [0.5, 0.6) is 0 Å². The lowest BCUT2D eigenvalue weighted by Gasteiger charge is -2.40. The zero-order chi connectivity index (χ0) is 11.9. The van der Waals surface area contributed by atoms with Gasteiger partial charge < -0.3 is 14.2 Å². The standard InChI is InChI=1S/C11H27NO2Si/c1-7-12-10-11(4,5)15(6,13-8-2)14-9-3/h12H,7-10H2,1-6H3. The van der Waals surface area contributed by atoms with Gasteiger partial charge in [0.1, 0.15) is 0 Å². The van der Waals surface area contributed by atoms with Gasteiger partial charge in [-0.05, 0) is 26.9 Å². The smallest absolute Gasteiger partial charge is 0.342 e. The second kappa shape index (κ2) is 6.63. The highest BCUT2D eigenvalue weighted by Crippen LogP contribution is 2.37. The van der Waals surface area contributed by atoms with E-state index >= 15 is 0 Å². The Kier molecular flexibility index (Phi) is 6.67. The summed E-state index contributed by atoms with van der Waals surface area (Å²) in [4.78, 5) is 0. The van der Waals surface area contributed by atoms with Crippen molar-refractivity contribution >= 4 is 8.56 Å². The van der Waals surface area contributed by atoms with Crippen LogP contribution in [0.2, 0.25) is 11.6 Å². The summed E-state index contributed by atoms with van der Waals surface area (Å²) in [7, 11) is -2.08. The Bertz CT molecular complexity index is 168. The Hall–Kier alpha value is 0.0969. The molecular weight excluding hydrogens is 206 g/mol. The Morgan fingerprint density at radius 1 is 1.07 bits per heavy atom. The van der Waals surface area contributed by atoms with Crippen molar-refractivity contribution in [3.8, 4) is 0 Å². The summed E-state index contributed by atoms with van der Waals surface area (Å²) >= 11 is 0. The molecule has 0 saturated heterocycles. The molecule has 0 bridgehead atoms. The quantitative estimate of drug-likeness (QED) is 0.654. The molecule has 0 aliphatic heterocycles. The van der Waals surface area contributed by atoms with Crippen LogP contribution in [-0.2, 0) is 8.85 Å². The van der Waals surface area contributed by atoms with E-state index in [4.69, 9.17) is 8.85 Å². The van der Waals surface area contributed by atoms with Crippen LogP contribution in [-0.4, -0.2) is 34.9 Å². The predicted octanol–water partition coefficient (Wildman–Crippen LogP) is 2.52. The van der Waals surface area contributed by atoms with Crippen molar-refractivity contribution < 1.29 is 8.85 Å². The number of hydrogen-bond donors (Lipinski definition) is 1. The van der Waals surface area contributed by atoms with E-state index in [0.717, 1.165) is 26.3 Å². The first-order valence-corrected chi connectivity index (χ1v) is 8.23. The van der Waals surface area contributed by atoms with E-state index in [-0.39, 0.29) is 5.04 Å². The van der Waals surface area contributed by atoms with Crippen LogP contribution in [0.3, 0.4) is 0 Å². The molecule has 0 aromatic rings. The van der Waals surface area contributed by atoms with Gasteiger partial charge in [0.25, 0.3) is 0 Å². The number of hydrogen-bond acceptors (Lipinski definition) is 3. The second-order valence-electron chi connectivity index (χ2n) is 4.48. The van der Waals surface area contributed by atoms with Crippen LogP contribution in [0.1, 0.15) is 34.6 Å². The van der Waals surface area contributed by atoms with Gasteiger partial charge in [0.2, 0.25) is 0 Å². The zero-order valence-corrected chi connectivity index (χ0v) is 12.1. The predicted molar refractivity (Wildman–Crippen MR) is 67.5 cm³/mol. The lowest BCUT2D eigenvalue weighted by molar-refractivity contribution is 0.163. The minimum absolute atomic E-state index is 0.0923. The van der Waals surface area contributed by atoms with Gasteiger partial charge in [-0.15, -0.1) is 0 Å². The van der Waals surface area contributed by atoms with Crippen molar-refractivity contribution in [3.63, 3.8) is 0 Å². The fourth-order valence-electron chi connectivity index (χ4n) is 1.58. The topological polar surface area (TPSA) is 30.5 Å². The molecule has 0 aromatic carbocycles. The molecule has 0 fully saturated rings. The van der Waals surface area contributed by atoms with Crippen molar-refractivity contribution in [1.82, 2.24) is 5.32 Å². The van der Waals surface area contributed by atoms with E-state index in [1.54, 1.807) is 0 Å². The molecule has 0 saturated carbocycles. The van der Waals surface area contributed by atoms with Crippen LogP contribution in [0.25, 0.3) is 0 Å². The summed E-state index contributed by atoms with van der Waals surface area (Å²) in [5, 5.41) is 3.48. The summed E-state index contributed by atoms with van der Waals surface area (Å²) in [6.07, 6.45) is 0. The Balaban J connectivity index is 4.55. The first-order chi connectivity index (χ1) is 6.93.